The standard InChI is InChI=1S/C22H27F3N6O/c1-14(2)31-13-27-18-19(26-11-15-6-4-7-16(10-15)22(23,24)25)28-21(29-20(18)31)30-9-5-8-17(30)12-32-3/h4,6-7,10,13-14,17H,5,8-9,11-12H2,1-3H3,(H,26,28,29). The van der Waals surface area contributed by atoms with Crippen molar-refractivity contribution in [2.75, 3.05) is 30.5 Å². The summed E-state index contributed by atoms with van der Waals surface area (Å²) in [6.45, 7) is 5.68. The van der Waals surface area contributed by atoms with Crippen LogP contribution in [0.4, 0.5) is 24.9 Å². The van der Waals surface area contributed by atoms with Crippen molar-refractivity contribution in [1.82, 2.24) is 19.5 Å². The van der Waals surface area contributed by atoms with E-state index in [2.05, 4.69) is 15.2 Å². The van der Waals surface area contributed by atoms with Crippen LogP contribution in [0.25, 0.3) is 11.2 Å². The fourth-order valence-corrected chi connectivity index (χ4v) is 4.04. The van der Waals surface area contributed by atoms with Gasteiger partial charge in [-0.2, -0.15) is 23.1 Å². The number of halogens is 3. The highest BCUT2D eigenvalue weighted by Gasteiger charge is 2.31. The number of anilines is 2. The van der Waals surface area contributed by atoms with E-state index in [1.807, 2.05) is 18.4 Å². The summed E-state index contributed by atoms with van der Waals surface area (Å²) in [6.07, 6.45) is -0.648. The maximum Gasteiger partial charge on any atom is 0.416 e. The van der Waals surface area contributed by atoms with E-state index in [1.165, 1.54) is 6.07 Å². The Kier molecular flexibility index (Phi) is 6.23. The molecule has 0 spiro atoms. The van der Waals surface area contributed by atoms with Gasteiger partial charge >= 0.3 is 6.18 Å². The second kappa shape index (κ2) is 8.93. The Morgan fingerprint density at radius 3 is 2.78 bits per heavy atom. The number of nitrogens with zero attached hydrogens (tertiary/aromatic N) is 5. The molecule has 1 atom stereocenters. The molecule has 1 aliphatic heterocycles. The van der Waals surface area contributed by atoms with Crippen LogP contribution in [0.2, 0.25) is 0 Å². The van der Waals surface area contributed by atoms with E-state index in [9.17, 15) is 13.2 Å². The first-order valence-corrected chi connectivity index (χ1v) is 10.7. The van der Waals surface area contributed by atoms with Crippen LogP contribution < -0.4 is 10.2 Å². The number of hydrogen-bond acceptors (Lipinski definition) is 6. The predicted octanol–water partition coefficient (Wildman–Crippen LogP) is 4.65. The van der Waals surface area contributed by atoms with Crippen molar-refractivity contribution in [3.05, 3.63) is 41.7 Å². The number of alkyl halides is 3. The van der Waals surface area contributed by atoms with Crippen molar-refractivity contribution in [2.24, 2.45) is 0 Å². The van der Waals surface area contributed by atoms with E-state index in [0.29, 0.717) is 35.1 Å². The normalized spacial score (nSPS) is 17.0. The second-order valence-electron chi connectivity index (χ2n) is 8.29. The topological polar surface area (TPSA) is 68.1 Å². The Morgan fingerprint density at radius 1 is 1.25 bits per heavy atom. The average Bonchev–Trinajstić information content (AvgIpc) is 3.39. The van der Waals surface area contributed by atoms with Crippen LogP contribution in [0.1, 0.15) is 43.9 Å². The van der Waals surface area contributed by atoms with E-state index < -0.39 is 11.7 Å². The third kappa shape index (κ3) is 4.50. The van der Waals surface area contributed by atoms with Crippen molar-refractivity contribution >= 4 is 22.9 Å². The van der Waals surface area contributed by atoms with Gasteiger partial charge < -0.3 is 19.5 Å². The third-order valence-corrected chi connectivity index (χ3v) is 5.67. The molecule has 172 valence electrons. The molecule has 3 aromatic rings. The van der Waals surface area contributed by atoms with Gasteiger partial charge in [-0.05, 0) is 44.4 Å². The summed E-state index contributed by atoms with van der Waals surface area (Å²) in [5.74, 6) is 1.08. The summed E-state index contributed by atoms with van der Waals surface area (Å²) in [7, 11) is 1.68. The fraction of sp³-hybridized carbons (Fsp3) is 0.500. The molecule has 1 unspecified atom stereocenters. The molecule has 2 aromatic heterocycles. The molecular weight excluding hydrogens is 421 g/mol. The minimum Gasteiger partial charge on any atom is -0.383 e. The maximum absolute atomic E-state index is 13.1. The quantitative estimate of drug-likeness (QED) is 0.567. The number of ether oxygens (including phenoxy) is 1. The van der Waals surface area contributed by atoms with Gasteiger partial charge in [-0.3, -0.25) is 0 Å². The Balaban J connectivity index is 1.69. The van der Waals surface area contributed by atoms with Gasteiger partial charge in [0.1, 0.15) is 0 Å². The van der Waals surface area contributed by atoms with Crippen LogP contribution in [-0.2, 0) is 17.5 Å². The number of hydrogen-bond donors (Lipinski definition) is 1. The summed E-state index contributed by atoms with van der Waals surface area (Å²) in [6, 6.07) is 5.61. The minimum absolute atomic E-state index is 0.146. The molecule has 3 heterocycles. The first kappa shape index (κ1) is 22.3. The van der Waals surface area contributed by atoms with Crippen LogP contribution in [0.5, 0.6) is 0 Å². The van der Waals surface area contributed by atoms with E-state index in [1.54, 1.807) is 19.5 Å². The molecule has 10 heteroatoms. The highest BCUT2D eigenvalue weighted by atomic mass is 19.4. The lowest BCUT2D eigenvalue weighted by molar-refractivity contribution is -0.137. The van der Waals surface area contributed by atoms with Crippen LogP contribution in [0.15, 0.2) is 30.6 Å². The fourth-order valence-electron chi connectivity index (χ4n) is 4.04. The number of nitrogens with one attached hydrogen (secondary N) is 1. The largest absolute Gasteiger partial charge is 0.416 e. The van der Waals surface area contributed by atoms with Crippen molar-refractivity contribution in [1.29, 1.82) is 0 Å². The lowest BCUT2D eigenvalue weighted by atomic mass is 10.1. The van der Waals surface area contributed by atoms with Gasteiger partial charge in [0.25, 0.3) is 0 Å². The highest BCUT2D eigenvalue weighted by molar-refractivity contribution is 5.84. The molecule has 7 nitrogen and oxygen atoms in total. The number of rotatable bonds is 7. The molecule has 0 bridgehead atoms. The number of methoxy groups -OCH3 is 1. The first-order chi connectivity index (χ1) is 15.3. The molecule has 0 radical (unpaired) electrons. The molecule has 0 amide bonds. The van der Waals surface area contributed by atoms with E-state index in [-0.39, 0.29) is 18.6 Å². The number of aromatic nitrogens is 4. The molecule has 1 aliphatic rings. The Hall–Kier alpha value is -2.88. The average molecular weight is 448 g/mol. The molecule has 1 N–H and O–H groups in total. The van der Waals surface area contributed by atoms with Gasteiger partial charge in [-0.25, -0.2) is 4.98 Å². The smallest absolute Gasteiger partial charge is 0.383 e. The van der Waals surface area contributed by atoms with Crippen molar-refractivity contribution in [3.63, 3.8) is 0 Å². The maximum atomic E-state index is 13.1. The zero-order valence-corrected chi connectivity index (χ0v) is 18.4. The predicted molar refractivity (Wildman–Crippen MR) is 117 cm³/mol. The van der Waals surface area contributed by atoms with Crippen LogP contribution >= 0.6 is 0 Å². The Morgan fingerprint density at radius 2 is 2.06 bits per heavy atom. The Bertz CT molecular complexity index is 1080. The molecule has 1 aromatic carbocycles. The van der Waals surface area contributed by atoms with E-state index >= 15 is 0 Å². The van der Waals surface area contributed by atoms with E-state index in [0.717, 1.165) is 31.5 Å². The summed E-state index contributed by atoms with van der Waals surface area (Å²) in [5, 5.41) is 3.19. The monoisotopic (exact) mass is 448 g/mol. The second-order valence-corrected chi connectivity index (χ2v) is 8.29. The molecule has 1 saturated heterocycles. The van der Waals surface area contributed by atoms with Gasteiger partial charge in [0, 0.05) is 26.2 Å². The number of fused-ring (bicyclic) bond motifs is 1. The molecule has 32 heavy (non-hydrogen) atoms. The molecule has 1 fully saturated rings. The molecule has 4 rings (SSSR count). The van der Waals surface area contributed by atoms with Gasteiger partial charge in [-0.1, -0.05) is 12.1 Å². The summed E-state index contributed by atoms with van der Waals surface area (Å²) in [5.41, 5.74) is 1.13. The van der Waals surface area contributed by atoms with Gasteiger partial charge in [0.2, 0.25) is 5.95 Å². The number of benzene rings is 1. The number of imidazole rings is 1. The van der Waals surface area contributed by atoms with Crippen LogP contribution in [0, 0.1) is 0 Å². The minimum atomic E-state index is -4.38. The third-order valence-electron chi connectivity index (χ3n) is 5.67. The zero-order chi connectivity index (χ0) is 22.9. The molecular formula is C22H27F3N6O. The van der Waals surface area contributed by atoms with Crippen LogP contribution in [0.3, 0.4) is 0 Å². The summed E-state index contributed by atoms with van der Waals surface area (Å²) in [4.78, 5) is 16.1. The lowest BCUT2D eigenvalue weighted by Crippen LogP contribution is -2.34. The van der Waals surface area contributed by atoms with Crippen molar-refractivity contribution < 1.29 is 17.9 Å². The van der Waals surface area contributed by atoms with Crippen molar-refractivity contribution in [3.8, 4) is 0 Å². The first-order valence-electron chi connectivity index (χ1n) is 10.7. The van der Waals surface area contributed by atoms with Gasteiger partial charge in [0.15, 0.2) is 17.0 Å². The Labute approximate surface area is 184 Å². The van der Waals surface area contributed by atoms with Gasteiger partial charge in [-0.15, -0.1) is 0 Å². The van der Waals surface area contributed by atoms with E-state index in [4.69, 9.17) is 14.7 Å². The summed E-state index contributed by atoms with van der Waals surface area (Å²) < 4.78 is 46.6. The van der Waals surface area contributed by atoms with Crippen LogP contribution in [-0.4, -0.2) is 45.8 Å². The molecule has 0 saturated carbocycles. The van der Waals surface area contributed by atoms with Crippen molar-refractivity contribution in [2.45, 2.75) is 51.5 Å². The van der Waals surface area contributed by atoms with Gasteiger partial charge in [0.05, 0.1) is 24.5 Å². The SMILES string of the molecule is COCC1CCCN1c1nc(NCc2cccc(C(F)(F)F)c2)c2ncn(C(C)C)c2n1. The highest BCUT2D eigenvalue weighted by Crippen LogP contribution is 2.31. The zero-order valence-electron chi connectivity index (χ0n) is 18.4. The lowest BCUT2D eigenvalue weighted by Gasteiger charge is -2.24. The molecule has 0 aliphatic carbocycles. The summed E-state index contributed by atoms with van der Waals surface area (Å²) >= 11 is 0.